The van der Waals surface area contributed by atoms with E-state index < -0.39 is 29.3 Å². The lowest BCUT2D eigenvalue weighted by Gasteiger charge is -2.36. The minimum atomic E-state index is -1.34. The average Bonchev–Trinajstić information content (AvgIpc) is 3.84. The smallest absolute Gasteiger partial charge is 0.341 e. The van der Waals surface area contributed by atoms with Crippen LogP contribution in [0.1, 0.15) is 34.8 Å². The average molecular weight is 639 g/mol. The second-order valence-electron chi connectivity index (χ2n) is 10.8. The number of benzene rings is 2. The number of halogens is 2. The van der Waals surface area contributed by atoms with E-state index in [2.05, 4.69) is 10.3 Å². The molecule has 228 valence electrons. The van der Waals surface area contributed by atoms with Crippen LogP contribution in [0.25, 0.3) is 17.0 Å². The normalized spacial score (nSPS) is 19.7. The van der Waals surface area contributed by atoms with Crippen molar-refractivity contribution < 1.29 is 23.9 Å². The number of carbonyl (C=O) groups excluding carboxylic acids is 2. The van der Waals surface area contributed by atoms with E-state index in [1.807, 2.05) is 4.90 Å². The molecule has 3 aromatic rings. The molecule has 2 amide bonds. The molecule has 1 saturated heterocycles. The molecule has 1 unspecified atom stereocenters. The maximum Gasteiger partial charge on any atom is 0.341 e. The molecule has 4 N–H and O–H groups in total. The summed E-state index contributed by atoms with van der Waals surface area (Å²) >= 11 is 7.01. The van der Waals surface area contributed by atoms with E-state index in [4.69, 9.17) is 17.3 Å². The van der Waals surface area contributed by atoms with Gasteiger partial charge < -0.3 is 30.5 Å². The summed E-state index contributed by atoms with van der Waals surface area (Å²) in [7, 11) is 0. The first-order valence-electron chi connectivity index (χ1n) is 14.0. The van der Waals surface area contributed by atoms with Gasteiger partial charge in [0.25, 0.3) is 5.91 Å². The van der Waals surface area contributed by atoms with Crippen LogP contribution in [0.3, 0.4) is 0 Å². The molecule has 1 atom stereocenters. The van der Waals surface area contributed by atoms with Crippen molar-refractivity contribution in [2.45, 2.75) is 25.0 Å². The minimum absolute atomic E-state index is 0.0337. The third kappa shape index (κ3) is 6.07. The van der Waals surface area contributed by atoms with Crippen LogP contribution in [0.2, 0.25) is 5.02 Å². The molecule has 44 heavy (non-hydrogen) atoms. The van der Waals surface area contributed by atoms with Crippen molar-refractivity contribution in [1.82, 2.24) is 14.8 Å². The Balaban J connectivity index is 1.09. The predicted molar refractivity (Wildman–Crippen MR) is 168 cm³/mol. The molecule has 2 aliphatic heterocycles. The van der Waals surface area contributed by atoms with Crippen molar-refractivity contribution in [2.24, 2.45) is 10.7 Å². The number of pyridine rings is 1. The van der Waals surface area contributed by atoms with Gasteiger partial charge in [-0.1, -0.05) is 35.5 Å². The zero-order chi connectivity index (χ0) is 31.1. The number of carbonyl (C=O) groups is 3. The van der Waals surface area contributed by atoms with Gasteiger partial charge in [-0.05, 0) is 48.7 Å². The van der Waals surface area contributed by atoms with Crippen LogP contribution in [0.5, 0.6) is 0 Å². The van der Waals surface area contributed by atoms with Gasteiger partial charge in [-0.25, -0.2) is 14.2 Å². The Kier molecular flexibility index (Phi) is 8.18. The number of amidine groups is 1. The van der Waals surface area contributed by atoms with Crippen LogP contribution >= 0.6 is 23.4 Å². The number of carboxylic acid groups (broad SMARTS) is 1. The van der Waals surface area contributed by atoms with Crippen LogP contribution in [0, 0.1) is 5.82 Å². The van der Waals surface area contributed by atoms with Gasteiger partial charge in [0.2, 0.25) is 11.3 Å². The minimum Gasteiger partial charge on any atom is -0.477 e. The Morgan fingerprint density at radius 3 is 2.48 bits per heavy atom. The molecule has 0 bridgehead atoms. The van der Waals surface area contributed by atoms with Gasteiger partial charge in [0, 0.05) is 48.8 Å². The fraction of sp³-hybridized carbons (Fsp3) is 0.300. The monoisotopic (exact) mass is 638 g/mol. The Morgan fingerprint density at radius 2 is 1.84 bits per heavy atom. The molecule has 2 aromatic carbocycles. The maximum absolute atomic E-state index is 15.3. The molecule has 1 aliphatic carbocycles. The Morgan fingerprint density at radius 1 is 1.14 bits per heavy atom. The number of thioether (sulfide) groups is 1. The lowest BCUT2D eigenvalue weighted by atomic mass is 10.1. The molecule has 2 fully saturated rings. The number of anilines is 1. The highest BCUT2D eigenvalue weighted by atomic mass is 35.5. The molecule has 6 rings (SSSR count). The van der Waals surface area contributed by atoms with Crippen LogP contribution in [0.4, 0.5) is 10.1 Å². The summed E-state index contributed by atoms with van der Waals surface area (Å²) in [6, 6.07) is 9.74. The van der Waals surface area contributed by atoms with Gasteiger partial charge in [0.1, 0.15) is 17.5 Å². The van der Waals surface area contributed by atoms with Crippen molar-refractivity contribution in [3.63, 3.8) is 0 Å². The first kappa shape index (κ1) is 29.9. The summed E-state index contributed by atoms with van der Waals surface area (Å²) in [5.41, 5.74) is 6.87. The second kappa shape index (κ2) is 12.1. The van der Waals surface area contributed by atoms with Gasteiger partial charge in [-0.15, -0.1) is 0 Å². The molecule has 14 heteroatoms. The standard InChI is InChI=1S/C30H28ClFN6O5S/c31-17-3-1-16(2-4-17)11-20-27(33)34-30(35-28(20)41)44-15-25(39)37-9-7-36(8-10-37)24-13-23-19(12-22(24)32)26(40)21(29(42)43)14-38(23)18-5-6-18/h1-4,11-14,18,27H,5-10,15,33H2,(H,42,43)(H,34,35,41)/b20-11+. The first-order chi connectivity index (χ1) is 21.1. The summed E-state index contributed by atoms with van der Waals surface area (Å²) in [6.45, 7) is 1.41. The van der Waals surface area contributed by atoms with Crippen molar-refractivity contribution in [3.8, 4) is 0 Å². The Hall–Kier alpha value is -4.20. The van der Waals surface area contributed by atoms with Gasteiger partial charge in [0.05, 0.1) is 22.5 Å². The van der Waals surface area contributed by atoms with E-state index in [1.165, 1.54) is 6.20 Å². The van der Waals surface area contributed by atoms with Crippen LogP contribution in [-0.4, -0.2) is 75.6 Å². The van der Waals surface area contributed by atoms with Crippen LogP contribution in [0.15, 0.2) is 58.0 Å². The van der Waals surface area contributed by atoms with E-state index in [-0.39, 0.29) is 39.4 Å². The van der Waals surface area contributed by atoms with E-state index in [1.54, 1.807) is 45.9 Å². The lowest BCUT2D eigenvalue weighted by Crippen LogP contribution is -2.50. The highest BCUT2D eigenvalue weighted by Crippen LogP contribution is 2.38. The number of nitrogens with one attached hydrogen (secondary N) is 1. The van der Waals surface area contributed by atoms with Crippen LogP contribution in [-0.2, 0) is 9.59 Å². The first-order valence-corrected chi connectivity index (χ1v) is 15.3. The Labute approximate surface area is 260 Å². The zero-order valence-corrected chi connectivity index (χ0v) is 24.9. The number of aromatic nitrogens is 1. The highest BCUT2D eigenvalue weighted by molar-refractivity contribution is 8.14. The topological polar surface area (TPSA) is 150 Å². The third-order valence-corrected chi connectivity index (χ3v) is 8.95. The van der Waals surface area contributed by atoms with E-state index >= 15 is 4.39 Å². The second-order valence-corrected chi connectivity index (χ2v) is 12.2. The summed E-state index contributed by atoms with van der Waals surface area (Å²) in [4.78, 5) is 57.9. The number of hydrogen-bond acceptors (Lipinski definition) is 8. The van der Waals surface area contributed by atoms with E-state index in [9.17, 15) is 24.3 Å². The summed E-state index contributed by atoms with van der Waals surface area (Å²) in [5.74, 6) is -2.49. The largest absolute Gasteiger partial charge is 0.477 e. The number of amides is 2. The zero-order valence-electron chi connectivity index (χ0n) is 23.3. The summed E-state index contributed by atoms with van der Waals surface area (Å²) in [5, 5.41) is 13.0. The van der Waals surface area contributed by atoms with Gasteiger partial charge in [-0.3, -0.25) is 14.4 Å². The molecule has 11 nitrogen and oxygen atoms in total. The van der Waals surface area contributed by atoms with E-state index in [0.29, 0.717) is 42.4 Å². The predicted octanol–water partition coefficient (Wildman–Crippen LogP) is 3.06. The van der Waals surface area contributed by atoms with Crippen molar-refractivity contribution >= 4 is 69.0 Å². The van der Waals surface area contributed by atoms with Crippen molar-refractivity contribution in [1.29, 1.82) is 0 Å². The molecule has 0 radical (unpaired) electrons. The lowest BCUT2D eigenvalue weighted by molar-refractivity contribution is -0.128. The number of aromatic carboxylic acids is 1. The fourth-order valence-electron chi connectivity index (χ4n) is 5.32. The number of fused-ring (bicyclic) bond motifs is 1. The SMILES string of the molecule is NC1N=C(SCC(=O)N2CCN(c3cc4c(cc3F)c(=O)c(C(=O)O)cn4C3CC3)CC2)NC(=O)/C1=C/c1ccc(Cl)cc1. The number of piperazine rings is 1. The number of rotatable bonds is 6. The molecular formula is C30H28ClFN6O5S. The summed E-state index contributed by atoms with van der Waals surface area (Å²) < 4.78 is 17.0. The number of nitrogens with two attached hydrogens (primary N) is 1. The number of aliphatic imine (C=N–C) groups is 1. The Bertz CT molecular complexity index is 1800. The van der Waals surface area contributed by atoms with Crippen molar-refractivity contribution in [3.05, 3.63) is 80.4 Å². The number of nitrogens with zero attached hydrogens (tertiary/aromatic N) is 4. The molecule has 1 aromatic heterocycles. The van der Waals surface area contributed by atoms with E-state index in [0.717, 1.165) is 36.2 Å². The molecular weight excluding hydrogens is 611 g/mol. The molecule has 3 aliphatic rings. The number of carboxylic acids is 1. The third-order valence-electron chi connectivity index (χ3n) is 7.83. The highest BCUT2D eigenvalue weighted by Gasteiger charge is 2.30. The molecule has 0 spiro atoms. The fourth-order valence-corrected chi connectivity index (χ4v) is 6.24. The number of hydrogen-bond donors (Lipinski definition) is 3. The van der Waals surface area contributed by atoms with Crippen LogP contribution < -0.4 is 21.4 Å². The van der Waals surface area contributed by atoms with Gasteiger partial charge in [-0.2, -0.15) is 0 Å². The van der Waals surface area contributed by atoms with Crippen molar-refractivity contribution in [2.75, 3.05) is 36.8 Å². The van der Waals surface area contributed by atoms with Gasteiger partial charge in [0.15, 0.2) is 5.17 Å². The maximum atomic E-state index is 15.3. The summed E-state index contributed by atoms with van der Waals surface area (Å²) in [6.07, 6.45) is 3.81. The van der Waals surface area contributed by atoms with Gasteiger partial charge >= 0.3 is 5.97 Å². The molecule has 1 saturated carbocycles. The quantitative estimate of drug-likeness (QED) is 0.349. The molecule has 3 heterocycles.